The monoisotopic (exact) mass is 386 g/mol. The number of anilines is 2. The van der Waals surface area contributed by atoms with Gasteiger partial charge in [-0.25, -0.2) is 18.3 Å². The first kappa shape index (κ1) is 18.3. The average molecular weight is 386 g/mol. The van der Waals surface area contributed by atoms with Crippen molar-refractivity contribution in [3.63, 3.8) is 0 Å². The van der Waals surface area contributed by atoms with Gasteiger partial charge >= 0.3 is 0 Å². The van der Waals surface area contributed by atoms with Gasteiger partial charge in [-0.1, -0.05) is 0 Å². The van der Waals surface area contributed by atoms with Crippen LogP contribution >= 0.6 is 0 Å². The summed E-state index contributed by atoms with van der Waals surface area (Å²) in [6.07, 6.45) is 6.70. The van der Waals surface area contributed by atoms with Gasteiger partial charge in [-0.15, -0.1) is 0 Å². The minimum absolute atomic E-state index is 0.203. The molecule has 0 radical (unpaired) electrons. The Hall–Kier alpha value is -3.10. The first-order valence-corrected chi connectivity index (χ1v) is 9.10. The summed E-state index contributed by atoms with van der Waals surface area (Å²) >= 11 is 0. The lowest BCUT2D eigenvalue weighted by Gasteiger charge is -2.28. The van der Waals surface area contributed by atoms with Crippen LogP contribution in [0.25, 0.3) is 5.65 Å². The van der Waals surface area contributed by atoms with Crippen LogP contribution in [0.3, 0.4) is 0 Å². The summed E-state index contributed by atoms with van der Waals surface area (Å²) in [5, 5.41) is 7.01. The van der Waals surface area contributed by atoms with Crippen LogP contribution in [0.2, 0.25) is 0 Å². The van der Waals surface area contributed by atoms with Crippen LogP contribution in [0.4, 0.5) is 20.3 Å². The van der Waals surface area contributed by atoms with E-state index in [9.17, 15) is 13.6 Å². The molecule has 0 unspecified atom stereocenters. The van der Waals surface area contributed by atoms with Crippen molar-refractivity contribution >= 4 is 23.1 Å². The van der Waals surface area contributed by atoms with Gasteiger partial charge in [0.25, 0.3) is 5.91 Å². The number of pyridine rings is 1. The second kappa shape index (κ2) is 7.14. The molecule has 1 N–H and O–H groups in total. The highest BCUT2D eigenvalue weighted by molar-refractivity contribution is 6.00. The van der Waals surface area contributed by atoms with E-state index in [1.165, 1.54) is 10.7 Å². The number of hydrogen-bond acceptors (Lipinski definition) is 5. The highest BCUT2D eigenvalue weighted by Crippen LogP contribution is 2.33. The third kappa shape index (κ3) is 3.64. The minimum atomic E-state index is -2.63. The highest BCUT2D eigenvalue weighted by atomic mass is 19.3. The lowest BCUT2D eigenvalue weighted by Crippen LogP contribution is -2.40. The molecule has 0 saturated heterocycles. The second-order valence-electron chi connectivity index (χ2n) is 6.99. The van der Waals surface area contributed by atoms with Crippen molar-refractivity contribution in [2.24, 2.45) is 0 Å². The van der Waals surface area contributed by atoms with E-state index < -0.39 is 5.92 Å². The predicted molar refractivity (Wildman–Crippen MR) is 100.0 cm³/mol. The van der Waals surface area contributed by atoms with Crippen LogP contribution in [-0.4, -0.2) is 44.5 Å². The Labute approximate surface area is 160 Å². The molecule has 0 spiro atoms. The molecule has 1 aliphatic rings. The van der Waals surface area contributed by atoms with E-state index >= 15 is 0 Å². The molecule has 3 aromatic heterocycles. The van der Waals surface area contributed by atoms with Gasteiger partial charge in [0.15, 0.2) is 5.65 Å². The fourth-order valence-corrected chi connectivity index (χ4v) is 3.34. The lowest BCUT2D eigenvalue weighted by atomic mass is 9.92. The van der Waals surface area contributed by atoms with E-state index in [1.807, 2.05) is 24.1 Å². The SMILES string of the molecule is CN(c1cccnc1)c1ccn2ncc(C(=O)NC3CCC(F)(F)CC3)c2n1. The smallest absolute Gasteiger partial charge is 0.256 e. The molecule has 0 bridgehead atoms. The molecule has 9 heteroatoms. The van der Waals surface area contributed by atoms with Gasteiger partial charge in [-0.05, 0) is 31.0 Å². The summed E-state index contributed by atoms with van der Waals surface area (Å²) in [6.45, 7) is 0. The molecule has 4 rings (SSSR count). The van der Waals surface area contributed by atoms with E-state index in [1.54, 1.807) is 24.7 Å². The fourth-order valence-electron chi connectivity index (χ4n) is 3.34. The third-order valence-electron chi connectivity index (χ3n) is 5.03. The van der Waals surface area contributed by atoms with Crippen molar-refractivity contribution in [2.75, 3.05) is 11.9 Å². The number of aromatic nitrogens is 4. The van der Waals surface area contributed by atoms with E-state index in [0.29, 0.717) is 17.0 Å². The zero-order valence-electron chi connectivity index (χ0n) is 15.3. The van der Waals surface area contributed by atoms with Crippen LogP contribution in [0.5, 0.6) is 0 Å². The Morgan fingerprint density at radius 2 is 2.07 bits per heavy atom. The van der Waals surface area contributed by atoms with Crippen molar-refractivity contribution in [3.8, 4) is 0 Å². The maximum Gasteiger partial charge on any atom is 0.256 e. The van der Waals surface area contributed by atoms with Crippen LogP contribution in [0.15, 0.2) is 43.0 Å². The summed E-state index contributed by atoms with van der Waals surface area (Å²) in [6, 6.07) is 5.26. The van der Waals surface area contributed by atoms with Gasteiger partial charge in [0.1, 0.15) is 11.4 Å². The highest BCUT2D eigenvalue weighted by Gasteiger charge is 2.35. The van der Waals surface area contributed by atoms with Crippen molar-refractivity contribution in [1.82, 2.24) is 24.9 Å². The lowest BCUT2D eigenvalue weighted by molar-refractivity contribution is -0.0399. The quantitative estimate of drug-likeness (QED) is 0.745. The van der Waals surface area contributed by atoms with Crippen LogP contribution in [-0.2, 0) is 0 Å². The topological polar surface area (TPSA) is 75.4 Å². The Balaban J connectivity index is 1.55. The van der Waals surface area contributed by atoms with E-state index in [4.69, 9.17) is 0 Å². The van der Waals surface area contributed by atoms with Crippen molar-refractivity contribution in [1.29, 1.82) is 0 Å². The summed E-state index contributed by atoms with van der Waals surface area (Å²) in [7, 11) is 1.86. The molecule has 0 atom stereocenters. The summed E-state index contributed by atoms with van der Waals surface area (Å²) < 4.78 is 28.1. The Morgan fingerprint density at radius 3 is 2.79 bits per heavy atom. The van der Waals surface area contributed by atoms with E-state index in [-0.39, 0.29) is 37.6 Å². The van der Waals surface area contributed by atoms with Crippen LogP contribution in [0.1, 0.15) is 36.0 Å². The van der Waals surface area contributed by atoms with Gasteiger partial charge in [-0.3, -0.25) is 9.78 Å². The number of fused-ring (bicyclic) bond motifs is 1. The van der Waals surface area contributed by atoms with E-state index in [2.05, 4.69) is 20.4 Å². The molecule has 1 saturated carbocycles. The Kier molecular flexibility index (Phi) is 4.66. The van der Waals surface area contributed by atoms with Gasteiger partial charge in [0.05, 0.1) is 18.1 Å². The number of carbonyl (C=O) groups is 1. The zero-order chi connectivity index (χ0) is 19.7. The van der Waals surface area contributed by atoms with Gasteiger partial charge in [0, 0.05) is 38.3 Å². The molecule has 3 aromatic rings. The van der Waals surface area contributed by atoms with Crippen molar-refractivity contribution < 1.29 is 13.6 Å². The fraction of sp³-hybridized carbons (Fsp3) is 0.368. The first-order chi connectivity index (χ1) is 13.4. The van der Waals surface area contributed by atoms with Gasteiger partial charge in [-0.2, -0.15) is 5.10 Å². The minimum Gasteiger partial charge on any atom is -0.349 e. The number of amides is 1. The molecule has 1 fully saturated rings. The number of alkyl halides is 2. The van der Waals surface area contributed by atoms with Crippen LogP contribution < -0.4 is 10.2 Å². The molecule has 28 heavy (non-hydrogen) atoms. The number of hydrogen-bond donors (Lipinski definition) is 1. The molecule has 146 valence electrons. The van der Waals surface area contributed by atoms with Crippen molar-refractivity contribution in [3.05, 3.63) is 48.5 Å². The predicted octanol–water partition coefficient (Wildman–Crippen LogP) is 3.20. The summed E-state index contributed by atoms with van der Waals surface area (Å²) in [5.41, 5.74) is 1.58. The maximum atomic E-state index is 13.3. The molecular formula is C19H20F2N6O. The van der Waals surface area contributed by atoms with Crippen molar-refractivity contribution in [2.45, 2.75) is 37.6 Å². The molecule has 1 amide bonds. The largest absolute Gasteiger partial charge is 0.349 e. The molecule has 3 heterocycles. The molecule has 0 aliphatic heterocycles. The molecular weight excluding hydrogens is 366 g/mol. The summed E-state index contributed by atoms with van der Waals surface area (Å²) in [4.78, 5) is 23.2. The average Bonchev–Trinajstić information content (AvgIpc) is 3.13. The number of nitrogens with one attached hydrogen (secondary N) is 1. The molecule has 0 aromatic carbocycles. The zero-order valence-corrected chi connectivity index (χ0v) is 15.3. The van der Waals surface area contributed by atoms with Crippen LogP contribution in [0, 0.1) is 0 Å². The maximum absolute atomic E-state index is 13.3. The number of carbonyl (C=O) groups excluding carboxylic acids is 1. The third-order valence-corrected chi connectivity index (χ3v) is 5.03. The molecule has 1 aliphatic carbocycles. The number of halogens is 2. The normalized spacial score (nSPS) is 16.8. The second-order valence-corrected chi connectivity index (χ2v) is 6.99. The number of rotatable bonds is 4. The van der Waals surface area contributed by atoms with Gasteiger partial charge in [0.2, 0.25) is 5.92 Å². The summed E-state index contributed by atoms with van der Waals surface area (Å²) in [5.74, 6) is -2.34. The Bertz CT molecular complexity index is 981. The van der Waals surface area contributed by atoms with E-state index in [0.717, 1.165) is 5.69 Å². The van der Waals surface area contributed by atoms with Gasteiger partial charge < -0.3 is 10.2 Å². The standard InChI is InChI=1S/C19H20F2N6O/c1-26(14-3-2-9-22-11-14)16-6-10-27-17(25-16)15(12-23-27)18(28)24-13-4-7-19(20,21)8-5-13/h2-3,6,9-13H,4-5,7-8H2,1H3,(H,24,28). The Morgan fingerprint density at radius 1 is 1.29 bits per heavy atom. The first-order valence-electron chi connectivity index (χ1n) is 9.10. The number of nitrogens with zero attached hydrogens (tertiary/aromatic N) is 5. The molecule has 7 nitrogen and oxygen atoms in total.